The number of H-pyrrole nitrogens is 4. The van der Waals surface area contributed by atoms with Gasteiger partial charge < -0.3 is 19.9 Å². The molecule has 0 saturated carbocycles. The standard InChI is InChI=1S/C14H10N2.C13H9N3O2.C13H9N3/c1-2-4-10-9(3-1)7-12-11(10)5-6-13-14(12)16-8-15-13;17-16(18)13-4-2-1-3-10(13)9-5-6-11-12(7-9)15-8-14-11;1-2-4-10-8(3-1)9-5-12-13(15-7-14-12)6-11(9)16-10/h1-6,8H,7H2,(H,15,16);1-8H,(H,14,15);1-7,16H,(H,14,15). The molecule has 4 heterocycles. The van der Waals surface area contributed by atoms with E-state index in [-0.39, 0.29) is 10.6 Å². The van der Waals surface area contributed by atoms with Gasteiger partial charge in [-0.3, -0.25) is 10.1 Å². The maximum Gasteiger partial charge on any atom is 0.277 e. The highest BCUT2D eigenvalue weighted by molar-refractivity contribution is 6.10. The molecule has 0 saturated heterocycles. The predicted octanol–water partition coefficient (Wildman–Crippen LogP) is 9.47. The summed E-state index contributed by atoms with van der Waals surface area (Å²) in [4.78, 5) is 36.1. The molecule has 0 fully saturated rings. The molecule has 10 aromatic rings. The second-order valence-electron chi connectivity index (χ2n) is 12.1. The van der Waals surface area contributed by atoms with E-state index < -0.39 is 0 Å². The van der Waals surface area contributed by atoms with E-state index in [2.05, 4.69) is 102 Å². The summed E-state index contributed by atoms with van der Waals surface area (Å²) in [7, 11) is 0. The minimum absolute atomic E-state index is 0.108. The second kappa shape index (κ2) is 11.9. The van der Waals surface area contributed by atoms with E-state index in [1.165, 1.54) is 44.6 Å². The van der Waals surface area contributed by atoms with Crippen molar-refractivity contribution in [2.75, 3.05) is 0 Å². The van der Waals surface area contributed by atoms with Crippen LogP contribution in [0.2, 0.25) is 0 Å². The summed E-state index contributed by atoms with van der Waals surface area (Å²) in [6.07, 6.45) is 6.11. The molecule has 10 heteroatoms. The normalized spacial score (nSPS) is 11.7. The molecule has 0 bridgehead atoms. The van der Waals surface area contributed by atoms with Gasteiger partial charge in [0.05, 0.1) is 62.6 Å². The minimum atomic E-state index is -0.369. The number of hydrogen-bond acceptors (Lipinski definition) is 5. The number of imidazole rings is 3. The summed E-state index contributed by atoms with van der Waals surface area (Å²) in [5.41, 5.74) is 15.4. The highest BCUT2D eigenvalue weighted by Gasteiger charge is 2.20. The van der Waals surface area contributed by atoms with Crippen molar-refractivity contribution in [2.24, 2.45) is 0 Å². The van der Waals surface area contributed by atoms with Gasteiger partial charge >= 0.3 is 0 Å². The number of nitrogens with zero attached hydrogens (tertiary/aromatic N) is 4. The van der Waals surface area contributed by atoms with Crippen molar-refractivity contribution in [3.05, 3.63) is 155 Å². The van der Waals surface area contributed by atoms with Crippen LogP contribution in [0.25, 0.3) is 77.2 Å². The van der Waals surface area contributed by atoms with Crippen molar-refractivity contribution >= 4 is 60.6 Å². The molecule has 240 valence electrons. The van der Waals surface area contributed by atoms with Crippen LogP contribution in [-0.2, 0) is 6.42 Å². The monoisotopic (exact) mass is 652 g/mol. The number of nitro benzene ring substituents is 1. The Morgan fingerprint density at radius 3 is 2.16 bits per heavy atom. The average molecular weight is 653 g/mol. The Hall–Kier alpha value is -7.07. The number of aromatic amines is 4. The fraction of sp³-hybridized carbons (Fsp3) is 0.0250. The van der Waals surface area contributed by atoms with E-state index in [0.29, 0.717) is 5.56 Å². The van der Waals surface area contributed by atoms with Crippen molar-refractivity contribution in [2.45, 2.75) is 6.42 Å². The third-order valence-corrected chi connectivity index (χ3v) is 9.25. The molecule has 0 atom stereocenters. The van der Waals surface area contributed by atoms with E-state index in [4.69, 9.17) is 0 Å². The smallest absolute Gasteiger partial charge is 0.277 e. The first kappa shape index (κ1) is 29.1. The number of para-hydroxylation sites is 2. The van der Waals surface area contributed by atoms with Crippen molar-refractivity contribution in [1.29, 1.82) is 0 Å². The lowest BCUT2D eigenvalue weighted by Crippen LogP contribution is -1.91. The van der Waals surface area contributed by atoms with Gasteiger partial charge in [-0.15, -0.1) is 0 Å². The molecule has 6 aromatic carbocycles. The summed E-state index contributed by atoms with van der Waals surface area (Å²) in [6.45, 7) is 0. The van der Waals surface area contributed by atoms with Gasteiger partial charge in [-0.1, -0.05) is 66.7 Å². The second-order valence-corrected chi connectivity index (χ2v) is 12.1. The molecule has 0 unspecified atom stereocenters. The van der Waals surface area contributed by atoms with Gasteiger partial charge in [0.25, 0.3) is 5.69 Å². The Kier molecular flexibility index (Phi) is 6.91. The summed E-state index contributed by atoms with van der Waals surface area (Å²) in [5, 5.41) is 13.5. The SMILES string of the molecule is O=[N+]([O-])c1ccccc1-c1ccc2nc[nH]c2c1.c1ccc2c(c1)Cc1c-2ccc2[nH]cnc12.c1ccc2c(c1)[nH]c1cc3nc[nH]c3cc12. The first-order valence-electron chi connectivity index (χ1n) is 16.1. The molecule has 4 N–H and O–H groups in total. The Morgan fingerprint density at radius 1 is 0.560 bits per heavy atom. The number of nitrogens with one attached hydrogen (secondary N) is 4. The van der Waals surface area contributed by atoms with E-state index in [1.54, 1.807) is 37.2 Å². The van der Waals surface area contributed by atoms with Crippen LogP contribution in [0.1, 0.15) is 11.1 Å². The molecule has 0 spiro atoms. The van der Waals surface area contributed by atoms with Crippen LogP contribution < -0.4 is 0 Å². The van der Waals surface area contributed by atoms with Gasteiger partial charge in [-0.2, -0.15) is 0 Å². The fourth-order valence-corrected chi connectivity index (χ4v) is 6.89. The van der Waals surface area contributed by atoms with Gasteiger partial charge in [0.2, 0.25) is 0 Å². The maximum absolute atomic E-state index is 11.0. The zero-order chi connectivity index (χ0) is 33.6. The van der Waals surface area contributed by atoms with Crippen LogP contribution in [0.5, 0.6) is 0 Å². The number of rotatable bonds is 2. The van der Waals surface area contributed by atoms with Gasteiger partial charge in [-0.05, 0) is 70.3 Å². The molecule has 1 aliphatic carbocycles. The van der Waals surface area contributed by atoms with Gasteiger partial charge in [-0.25, -0.2) is 15.0 Å². The molecule has 0 aliphatic heterocycles. The molecule has 4 aromatic heterocycles. The average Bonchev–Trinajstić information content (AvgIpc) is 3.99. The summed E-state index contributed by atoms with van der Waals surface area (Å²) in [6, 6.07) is 37.7. The largest absolute Gasteiger partial charge is 0.354 e. The Balaban J connectivity index is 0.000000101. The third kappa shape index (κ3) is 5.03. The Morgan fingerprint density at radius 2 is 1.28 bits per heavy atom. The highest BCUT2D eigenvalue weighted by atomic mass is 16.6. The van der Waals surface area contributed by atoms with Gasteiger partial charge in [0, 0.05) is 34.3 Å². The fourth-order valence-electron chi connectivity index (χ4n) is 6.89. The summed E-state index contributed by atoms with van der Waals surface area (Å²) >= 11 is 0. The number of benzene rings is 6. The third-order valence-electron chi connectivity index (χ3n) is 9.25. The van der Waals surface area contributed by atoms with Crippen LogP contribution >= 0.6 is 0 Å². The Labute approximate surface area is 284 Å². The van der Waals surface area contributed by atoms with Crippen molar-refractivity contribution < 1.29 is 4.92 Å². The molecule has 11 rings (SSSR count). The van der Waals surface area contributed by atoms with E-state index in [9.17, 15) is 10.1 Å². The number of hydrogen-bond donors (Lipinski definition) is 4. The van der Waals surface area contributed by atoms with Crippen LogP contribution in [-0.4, -0.2) is 39.8 Å². The molecule has 0 radical (unpaired) electrons. The van der Waals surface area contributed by atoms with Gasteiger partial charge in [0.1, 0.15) is 0 Å². The minimum Gasteiger partial charge on any atom is -0.354 e. The van der Waals surface area contributed by atoms with E-state index >= 15 is 0 Å². The van der Waals surface area contributed by atoms with Gasteiger partial charge in [0.15, 0.2) is 0 Å². The van der Waals surface area contributed by atoms with Crippen LogP contribution in [0.3, 0.4) is 0 Å². The lowest BCUT2D eigenvalue weighted by Gasteiger charge is -2.02. The Bertz CT molecular complexity index is 2860. The molecule has 1 aliphatic rings. The molecule has 10 nitrogen and oxygen atoms in total. The first-order valence-corrected chi connectivity index (χ1v) is 16.1. The molecular weight excluding hydrogens is 624 g/mol. The van der Waals surface area contributed by atoms with Crippen LogP contribution in [0, 0.1) is 10.1 Å². The van der Waals surface area contributed by atoms with Crippen LogP contribution in [0.15, 0.2) is 134 Å². The highest BCUT2D eigenvalue weighted by Crippen LogP contribution is 2.39. The quantitative estimate of drug-likeness (QED) is 0.109. The topological polar surface area (TPSA) is 145 Å². The predicted molar refractivity (Wildman–Crippen MR) is 198 cm³/mol. The lowest BCUT2D eigenvalue weighted by atomic mass is 10.0. The van der Waals surface area contributed by atoms with Crippen molar-refractivity contribution in [3.63, 3.8) is 0 Å². The first-order chi connectivity index (χ1) is 24.6. The van der Waals surface area contributed by atoms with Crippen molar-refractivity contribution in [1.82, 2.24) is 34.9 Å². The molecular formula is C40H28N8O2. The summed E-state index contributed by atoms with van der Waals surface area (Å²) < 4.78 is 0. The van der Waals surface area contributed by atoms with Crippen LogP contribution in [0.4, 0.5) is 5.69 Å². The zero-order valence-electron chi connectivity index (χ0n) is 26.5. The lowest BCUT2D eigenvalue weighted by molar-refractivity contribution is -0.384. The number of aromatic nitrogens is 7. The summed E-state index contributed by atoms with van der Waals surface area (Å²) in [5.74, 6) is 0. The van der Waals surface area contributed by atoms with E-state index in [0.717, 1.165) is 50.6 Å². The number of nitro groups is 1. The van der Waals surface area contributed by atoms with E-state index in [1.807, 2.05) is 24.3 Å². The number of fused-ring (bicyclic) bond motifs is 10. The maximum atomic E-state index is 11.0. The molecule has 50 heavy (non-hydrogen) atoms. The molecule has 0 amide bonds. The zero-order valence-corrected chi connectivity index (χ0v) is 26.5. The van der Waals surface area contributed by atoms with Crippen molar-refractivity contribution in [3.8, 4) is 22.3 Å².